The number of hydrogen-bond donors (Lipinski definition) is 1. The van der Waals surface area contributed by atoms with Gasteiger partial charge in [-0.15, -0.1) is 0 Å². The molecule has 0 saturated carbocycles. The molecule has 94 valence electrons. The number of carbonyl (C=O) groups excluding carboxylic acids is 1. The summed E-state index contributed by atoms with van der Waals surface area (Å²) < 4.78 is 1.76. The molecule has 17 heavy (non-hydrogen) atoms. The first-order valence-corrected chi connectivity index (χ1v) is 7.28. The van der Waals surface area contributed by atoms with Gasteiger partial charge in [0.15, 0.2) is 0 Å². The summed E-state index contributed by atoms with van der Waals surface area (Å²) in [6.45, 7) is 6.23. The van der Waals surface area contributed by atoms with Gasteiger partial charge in [0.25, 0.3) is 5.91 Å². The quantitative estimate of drug-likeness (QED) is 0.838. The smallest absolute Gasteiger partial charge is 0.252 e. The summed E-state index contributed by atoms with van der Waals surface area (Å²) in [6.07, 6.45) is 1.84. The van der Waals surface area contributed by atoms with Crippen molar-refractivity contribution < 1.29 is 4.79 Å². The molecule has 0 fully saturated rings. The van der Waals surface area contributed by atoms with Gasteiger partial charge in [0, 0.05) is 14.5 Å². The molecule has 4 heteroatoms. The van der Waals surface area contributed by atoms with Crippen molar-refractivity contribution in [2.75, 3.05) is 0 Å². The zero-order valence-electron chi connectivity index (χ0n) is 10.3. The van der Waals surface area contributed by atoms with Gasteiger partial charge in [-0.3, -0.25) is 4.79 Å². The third-order valence-electron chi connectivity index (χ3n) is 3.15. The summed E-state index contributed by atoms with van der Waals surface area (Å²) in [7, 11) is 0. The van der Waals surface area contributed by atoms with Gasteiger partial charge in [-0.1, -0.05) is 29.8 Å². The minimum absolute atomic E-state index is 0.0319. The largest absolute Gasteiger partial charge is 0.347 e. The Bertz CT molecular complexity index is 414. The van der Waals surface area contributed by atoms with E-state index in [1.165, 1.54) is 0 Å². The lowest BCUT2D eigenvalue weighted by atomic mass is 9.95. The molecular formula is C13H17Br2NO. The SMILES string of the molecule is CCC(C)(CC)NC(=O)c1ccc(Br)cc1Br. The Hall–Kier alpha value is -0.350. The van der Waals surface area contributed by atoms with E-state index in [0.717, 1.165) is 21.8 Å². The molecule has 0 aromatic heterocycles. The van der Waals surface area contributed by atoms with Gasteiger partial charge in [-0.05, 0) is 53.9 Å². The zero-order chi connectivity index (χ0) is 13.1. The maximum absolute atomic E-state index is 12.2. The van der Waals surface area contributed by atoms with Crippen molar-refractivity contribution in [2.24, 2.45) is 0 Å². The highest BCUT2D eigenvalue weighted by Crippen LogP contribution is 2.23. The maximum atomic E-state index is 12.2. The third-order valence-corrected chi connectivity index (χ3v) is 4.30. The second kappa shape index (κ2) is 6.01. The van der Waals surface area contributed by atoms with Crippen molar-refractivity contribution in [3.63, 3.8) is 0 Å². The molecule has 1 rings (SSSR count). The maximum Gasteiger partial charge on any atom is 0.252 e. The highest BCUT2D eigenvalue weighted by atomic mass is 79.9. The van der Waals surface area contributed by atoms with E-state index in [2.05, 4.69) is 57.9 Å². The first kappa shape index (κ1) is 14.7. The Morgan fingerprint density at radius 3 is 2.35 bits per heavy atom. The lowest BCUT2D eigenvalue weighted by Crippen LogP contribution is -2.45. The molecule has 1 amide bonds. The fourth-order valence-electron chi connectivity index (χ4n) is 1.44. The van der Waals surface area contributed by atoms with E-state index in [1.54, 1.807) is 0 Å². The molecule has 1 aromatic rings. The summed E-state index contributed by atoms with van der Waals surface area (Å²) in [6, 6.07) is 5.56. The molecule has 0 unspecified atom stereocenters. The van der Waals surface area contributed by atoms with Crippen LogP contribution in [0, 0.1) is 0 Å². The fourth-order valence-corrected chi connectivity index (χ4v) is 2.67. The second-order valence-corrected chi connectivity index (χ2v) is 6.12. The van der Waals surface area contributed by atoms with E-state index < -0.39 is 0 Å². The lowest BCUT2D eigenvalue weighted by Gasteiger charge is -2.28. The zero-order valence-corrected chi connectivity index (χ0v) is 13.5. The van der Waals surface area contributed by atoms with Gasteiger partial charge in [-0.25, -0.2) is 0 Å². The fraction of sp³-hybridized carbons (Fsp3) is 0.462. The van der Waals surface area contributed by atoms with Crippen LogP contribution in [-0.2, 0) is 0 Å². The minimum atomic E-state index is -0.135. The van der Waals surface area contributed by atoms with E-state index in [9.17, 15) is 4.79 Å². The van der Waals surface area contributed by atoms with Crippen molar-refractivity contribution in [1.29, 1.82) is 0 Å². The molecule has 1 N–H and O–H groups in total. The molecule has 0 aliphatic heterocycles. The average Bonchev–Trinajstić information content (AvgIpc) is 2.28. The van der Waals surface area contributed by atoms with Crippen LogP contribution in [0.25, 0.3) is 0 Å². The topological polar surface area (TPSA) is 29.1 Å². The molecule has 0 aliphatic rings. The number of nitrogens with one attached hydrogen (secondary N) is 1. The van der Waals surface area contributed by atoms with Gasteiger partial charge in [0.1, 0.15) is 0 Å². The van der Waals surface area contributed by atoms with Crippen LogP contribution in [0.2, 0.25) is 0 Å². The lowest BCUT2D eigenvalue weighted by molar-refractivity contribution is 0.0900. The third kappa shape index (κ3) is 3.81. The van der Waals surface area contributed by atoms with Gasteiger partial charge < -0.3 is 5.32 Å². The van der Waals surface area contributed by atoms with Crippen LogP contribution in [-0.4, -0.2) is 11.4 Å². The molecular weight excluding hydrogens is 346 g/mol. The predicted octanol–water partition coefficient (Wildman–Crippen LogP) is 4.52. The van der Waals surface area contributed by atoms with Gasteiger partial charge in [0.2, 0.25) is 0 Å². The van der Waals surface area contributed by atoms with Crippen LogP contribution in [0.1, 0.15) is 44.0 Å². The van der Waals surface area contributed by atoms with Crippen molar-refractivity contribution in [1.82, 2.24) is 5.32 Å². The first-order valence-electron chi connectivity index (χ1n) is 5.69. The van der Waals surface area contributed by atoms with Crippen LogP contribution in [0.3, 0.4) is 0 Å². The van der Waals surface area contributed by atoms with Crippen molar-refractivity contribution >= 4 is 37.8 Å². The molecule has 0 radical (unpaired) electrons. The molecule has 0 spiro atoms. The summed E-state index contributed by atoms with van der Waals surface area (Å²) >= 11 is 6.78. The van der Waals surface area contributed by atoms with Crippen LogP contribution < -0.4 is 5.32 Å². The summed E-state index contributed by atoms with van der Waals surface area (Å²) in [4.78, 5) is 12.2. The molecule has 0 heterocycles. The Balaban J connectivity index is 2.90. The van der Waals surface area contributed by atoms with Gasteiger partial charge >= 0.3 is 0 Å². The van der Waals surface area contributed by atoms with E-state index >= 15 is 0 Å². The number of carbonyl (C=O) groups is 1. The molecule has 1 aromatic carbocycles. The van der Waals surface area contributed by atoms with Crippen LogP contribution in [0.5, 0.6) is 0 Å². The van der Waals surface area contributed by atoms with Crippen molar-refractivity contribution in [2.45, 2.75) is 39.2 Å². The molecule has 0 saturated heterocycles. The Morgan fingerprint density at radius 2 is 1.88 bits per heavy atom. The monoisotopic (exact) mass is 361 g/mol. The minimum Gasteiger partial charge on any atom is -0.347 e. The number of benzene rings is 1. The first-order chi connectivity index (χ1) is 7.91. The van der Waals surface area contributed by atoms with Crippen LogP contribution in [0.15, 0.2) is 27.1 Å². The van der Waals surface area contributed by atoms with Crippen LogP contribution in [0.4, 0.5) is 0 Å². The molecule has 2 nitrogen and oxygen atoms in total. The Labute approximate surface area is 119 Å². The van der Waals surface area contributed by atoms with Gasteiger partial charge in [-0.2, -0.15) is 0 Å². The van der Waals surface area contributed by atoms with Crippen molar-refractivity contribution in [3.8, 4) is 0 Å². The predicted molar refractivity (Wildman–Crippen MR) is 78.3 cm³/mol. The standard InChI is InChI=1S/C13H17Br2NO/c1-4-13(3,5-2)16-12(17)10-7-6-9(14)8-11(10)15/h6-8H,4-5H2,1-3H3,(H,16,17). The molecule has 0 bridgehead atoms. The van der Waals surface area contributed by atoms with E-state index in [0.29, 0.717) is 5.56 Å². The highest BCUT2D eigenvalue weighted by molar-refractivity contribution is 9.11. The molecule has 0 atom stereocenters. The van der Waals surface area contributed by atoms with E-state index in [4.69, 9.17) is 0 Å². The molecule has 0 aliphatic carbocycles. The highest BCUT2D eigenvalue weighted by Gasteiger charge is 2.23. The summed E-state index contributed by atoms with van der Waals surface area (Å²) in [5.41, 5.74) is 0.533. The summed E-state index contributed by atoms with van der Waals surface area (Å²) in [5.74, 6) is -0.0319. The van der Waals surface area contributed by atoms with Gasteiger partial charge in [0.05, 0.1) is 5.56 Å². The second-order valence-electron chi connectivity index (χ2n) is 4.35. The number of amides is 1. The summed E-state index contributed by atoms with van der Waals surface area (Å²) in [5, 5.41) is 3.09. The normalized spacial score (nSPS) is 11.4. The van der Waals surface area contributed by atoms with Crippen molar-refractivity contribution in [3.05, 3.63) is 32.7 Å². The van der Waals surface area contributed by atoms with E-state index in [-0.39, 0.29) is 11.4 Å². The van der Waals surface area contributed by atoms with Crippen LogP contribution >= 0.6 is 31.9 Å². The number of rotatable bonds is 4. The average molecular weight is 363 g/mol. The number of hydrogen-bond acceptors (Lipinski definition) is 1. The Kier molecular flexibility index (Phi) is 5.20. The number of halogens is 2. The van der Waals surface area contributed by atoms with E-state index in [1.807, 2.05) is 18.2 Å². The Morgan fingerprint density at radius 1 is 1.29 bits per heavy atom.